The summed E-state index contributed by atoms with van der Waals surface area (Å²) in [6.45, 7) is 0. The molecule has 0 aliphatic heterocycles. The molecule has 1 N–H and O–H groups in total. The van der Waals surface area contributed by atoms with Crippen LogP contribution in [0.3, 0.4) is 0 Å². The Balaban J connectivity index is 2.60. The highest BCUT2D eigenvalue weighted by Gasteiger charge is 2.22. The zero-order valence-electron chi connectivity index (χ0n) is 10.6. The highest BCUT2D eigenvalue weighted by atomic mass is 32.2. The van der Waals surface area contributed by atoms with Crippen LogP contribution in [0.4, 0.5) is 0 Å². The lowest BCUT2D eigenvalue weighted by atomic mass is 10.0. The van der Waals surface area contributed by atoms with Crippen LogP contribution >= 0.6 is 0 Å². The van der Waals surface area contributed by atoms with Gasteiger partial charge in [0.2, 0.25) is 0 Å². The van der Waals surface area contributed by atoms with E-state index in [2.05, 4.69) is 0 Å². The predicted molar refractivity (Wildman–Crippen MR) is 72.7 cm³/mol. The molecule has 0 saturated carbocycles. The summed E-state index contributed by atoms with van der Waals surface area (Å²) in [4.78, 5) is 11.8. The molecule has 2 rings (SSSR count). The number of carbonyl (C=O) groups excluding carboxylic acids is 1. The highest BCUT2D eigenvalue weighted by Crippen LogP contribution is 2.24. The van der Waals surface area contributed by atoms with Crippen LogP contribution in [-0.4, -0.2) is 25.9 Å². The summed E-state index contributed by atoms with van der Waals surface area (Å²) >= 11 is 0. The van der Waals surface area contributed by atoms with Crippen LogP contribution in [-0.2, 0) is 10.1 Å². The van der Waals surface area contributed by atoms with Crippen LogP contribution in [0, 0.1) is 0 Å². The zero-order chi connectivity index (χ0) is 14.8. The monoisotopic (exact) mass is 292 g/mol. The fourth-order valence-electron chi connectivity index (χ4n) is 1.78. The van der Waals surface area contributed by atoms with E-state index in [9.17, 15) is 17.8 Å². The van der Waals surface area contributed by atoms with Crippen molar-refractivity contribution >= 4 is 15.9 Å². The topological polar surface area (TPSA) is 80.7 Å². The second-order valence-electron chi connectivity index (χ2n) is 4.03. The van der Waals surface area contributed by atoms with Gasteiger partial charge in [-0.1, -0.05) is 30.3 Å². The van der Waals surface area contributed by atoms with Gasteiger partial charge < -0.3 is 4.74 Å². The van der Waals surface area contributed by atoms with Crippen molar-refractivity contribution in [2.75, 3.05) is 7.11 Å². The zero-order valence-corrected chi connectivity index (χ0v) is 11.4. The minimum Gasteiger partial charge on any atom is -0.497 e. The molecule has 2 aromatic rings. The molecule has 0 unspecified atom stereocenters. The van der Waals surface area contributed by atoms with Gasteiger partial charge in [-0.05, 0) is 12.1 Å². The molecule has 0 spiro atoms. The number of methoxy groups -OCH3 is 1. The summed E-state index contributed by atoms with van der Waals surface area (Å²) in [7, 11) is -3.16. The average molecular weight is 292 g/mol. The van der Waals surface area contributed by atoms with Crippen LogP contribution in [0.25, 0.3) is 0 Å². The van der Waals surface area contributed by atoms with Gasteiger partial charge >= 0.3 is 0 Å². The van der Waals surface area contributed by atoms with Gasteiger partial charge in [-0.3, -0.25) is 9.35 Å². The fourth-order valence-corrected chi connectivity index (χ4v) is 2.48. The molecule has 0 atom stereocenters. The maximum atomic E-state index is 12.3. The van der Waals surface area contributed by atoms with E-state index in [1.54, 1.807) is 30.3 Å². The van der Waals surface area contributed by atoms with E-state index in [-0.39, 0.29) is 11.3 Å². The molecule has 0 amide bonds. The number of ketones is 1. The van der Waals surface area contributed by atoms with Gasteiger partial charge in [0, 0.05) is 17.2 Å². The van der Waals surface area contributed by atoms with Crippen LogP contribution < -0.4 is 4.74 Å². The molecule has 20 heavy (non-hydrogen) atoms. The van der Waals surface area contributed by atoms with E-state index in [1.165, 1.54) is 19.2 Å². The van der Waals surface area contributed by atoms with Gasteiger partial charge in [0.15, 0.2) is 5.78 Å². The number of rotatable bonds is 4. The van der Waals surface area contributed by atoms with E-state index >= 15 is 0 Å². The first-order valence-corrected chi connectivity index (χ1v) is 7.13. The Morgan fingerprint density at radius 3 is 2.30 bits per heavy atom. The summed E-state index contributed by atoms with van der Waals surface area (Å²) < 4.78 is 37.0. The number of hydrogen-bond acceptors (Lipinski definition) is 4. The van der Waals surface area contributed by atoms with Gasteiger partial charge in [0.1, 0.15) is 10.6 Å². The smallest absolute Gasteiger partial charge is 0.295 e. The van der Waals surface area contributed by atoms with Gasteiger partial charge in [0.05, 0.1) is 7.11 Å². The van der Waals surface area contributed by atoms with Crippen molar-refractivity contribution in [1.82, 2.24) is 0 Å². The van der Waals surface area contributed by atoms with Crippen molar-refractivity contribution in [3.05, 3.63) is 59.7 Å². The van der Waals surface area contributed by atoms with E-state index in [4.69, 9.17) is 4.74 Å². The van der Waals surface area contributed by atoms with Gasteiger partial charge in [-0.15, -0.1) is 0 Å². The summed E-state index contributed by atoms with van der Waals surface area (Å²) in [5.41, 5.74) is 0.238. The normalized spacial score (nSPS) is 11.1. The van der Waals surface area contributed by atoms with E-state index in [1.807, 2.05) is 0 Å². The lowest BCUT2D eigenvalue weighted by Gasteiger charge is -2.08. The minimum absolute atomic E-state index is 0.0977. The van der Waals surface area contributed by atoms with Crippen molar-refractivity contribution < 1.29 is 22.5 Å². The van der Waals surface area contributed by atoms with Crippen molar-refractivity contribution in [3.8, 4) is 5.75 Å². The maximum absolute atomic E-state index is 12.3. The average Bonchev–Trinajstić information content (AvgIpc) is 2.46. The first-order chi connectivity index (χ1) is 9.43. The standard InChI is InChI=1S/C14H12O5S/c1-19-11-7-8-12(13(9-11)20(16,17)18)14(15)10-5-3-2-4-6-10/h2-9H,1H3,(H,16,17,18). The Kier molecular flexibility index (Phi) is 3.87. The van der Waals surface area contributed by atoms with Gasteiger partial charge in [0.25, 0.3) is 10.1 Å². The van der Waals surface area contributed by atoms with Gasteiger partial charge in [-0.2, -0.15) is 8.42 Å². The minimum atomic E-state index is -4.52. The number of ether oxygens (including phenoxy) is 1. The molecule has 0 aliphatic rings. The molecule has 0 aromatic heterocycles. The maximum Gasteiger partial charge on any atom is 0.295 e. The lowest BCUT2D eigenvalue weighted by Crippen LogP contribution is -2.10. The first-order valence-electron chi connectivity index (χ1n) is 5.69. The van der Waals surface area contributed by atoms with Crippen molar-refractivity contribution in [2.45, 2.75) is 4.90 Å². The Labute approximate surface area is 116 Å². The molecule has 0 heterocycles. The SMILES string of the molecule is COc1ccc(C(=O)c2ccccc2)c(S(=O)(=O)O)c1. The Hall–Kier alpha value is -2.18. The summed E-state index contributed by atoms with van der Waals surface area (Å²) in [5, 5.41) is 0. The van der Waals surface area contributed by atoms with E-state index in [0.29, 0.717) is 5.56 Å². The Morgan fingerprint density at radius 2 is 1.75 bits per heavy atom. The lowest BCUT2D eigenvalue weighted by molar-refractivity contribution is 0.103. The summed E-state index contributed by atoms with van der Waals surface area (Å²) in [5.74, 6) is -0.247. The fraction of sp³-hybridized carbons (Fsp3) is 0.0714. The molecular weight excluding hydrogens is 280 g/mol. The number of carbonyl (C=O) groups is 1. The molecule has 0 bridgehead atoms. The Morgan fingerprint density at radius 1 is 1.10 bits per heavy atom. The van der Waals surface area contributed by atoms with E-state index < -0.39 is 20.8 Å². The molecular formula is C14H12O5S. The molecule has 0 radical (unpaired) electrons. The van der Waals surface area contributed by atoms with Gasteiger partial charge in [-0.25, -0.2) is 0 Å². The second-order valence-corrected chi connectivity index (χ2v) is 5.42. The summed E-state index contributed by atoms with van der Waals surface area (Å²) in [6, 6.07) is 12.1. The van der Waals surface area contributed by atoms with Crippen LogP contribution in [0.1, 0.15) is 15.9 Å². The molecule has 2 aromatic carbocycles. The molecule has 5 nitrogen and oxygen atoms in total. The predicted octanol–water partition coefficient (Wildman–Crippen LogP) is 2.17. The van der Waals surface area contributed by atoms with Crippen LogP contribution in [0.2, 0.25) is 0 Å². The molecule has 0 fully saturated rings. The second kappa shape index (κ2) is 5.44. The van der Waals surface area contributed by atoms with Crippen molar-refractivity contribution in [1.29, 1.82) is 0 Å². The van der Waals surface area contributed by atoms with Crippen LogP contribution in [0.15, 0.2) is 53.4 Å². The molecule has 0 saturated heterocycles. The third-order valence-electron chi connectivity index (χ3n) is 2.75. The molecule has 104 valence electrons. The summed E-state index contributed by atoms with van der Waals surface area (Å²) in [6.07, 6.45) is 0. The third kappa shape index (κ3) is 2.87. The third-order valence-corrected chi connectivity index (χ3v) is 3.64. The molecule has 6 heteroatoms. The van der Waals surface area contributed by atoms with E-state index in [0.717, 1.165) is 6.07 Å². The number of hydrogen-bond donors (Lipinski definition) is 1. The largest absolute Gasteiger partial charge is 0.497 e. The molecule has 0 aliphatic carbocycles. The van der Waals surface area contributed by atoms with Crippen molar-refractivity contribution in [2.24, 2.45) is 0 Å². The quantitative estimate of drug-likeness (QED) is 0.690. The number of benzene rings is 2. The first kappa shape index (κ1) is 14.2. The highest BCUT2D eigenvalue weighted by molar-refractivity contribution is 7.86. The van der Waals surface area contributed by atoms with Crippen molar-refractivity contribution in [3.63, 3.8) is 0 Å². The van der Waals surface area contributed by atoms with Crippen LogP contribution in [0.5, 0.6) is 5.75 Å². The Bertz CT molecular complexity index is 735.